The molecule has 18 heavy (non-hydrogen) atoms. The summed E-state index contributed by atoms with van der Waals surface area (Å²) in [6, 6.07) is 2.02. The maximum Gasteiger partial charge on any atom is 0.208 e. The molecule has 0 heterocycles. The van der Waals surface area contributed by atoms with E-state index in [1.807, 2.05) is 0 Å². The first kappa shape index (κ1) is 14.8. The van der Waals surface area contributed by atoms with E-state index in [9.17, 15) is 17.2 Å². The second kappa shape index (κ2) is 6.07. The summed E-state index contributed by atoms with van der Waals surface area (Å²) in [4.78, 5) is 0. The summed E-state index contributed by atoms with van der Waals surface area (Å²) in [5.41, 5.74) is 0.321. The SMILES string of the molecule is CS(=O)(=O)NCCNCc1cc(F)c(O)c(F)c1. The molecule has 1 aromatic carbocycles. The number of aromatic hydroxyl groups is 1. The van der Waals surface area contributed by atoms with Crippen LogP contribution in [0.25, 0.3) is 0 Å². The van der Waals surface area contributed by atoms with Crippen molar-refractivity contribution < 1.29 is 22.3 Å². The maximum absolute atomic E-state index is 13.0. The van der Waals surface area contributed by atoms with Gasteiger partial charge in [-0.2, -0.15) is 0 Å². The number of benzene rings is 1. The molecule has 0 spiro atoms. The molecule has 102 valence electrons. The van der Waals surface area contributed by atoms with E-state index in [2.05, 4.69) is 10.0 Å². The van der Waals surface area contributed by atoms with Crippen LogP contribution in [0, 0.1) is 11.6 Å². The number of nitrogens with one attached hydrogen (secondary N) is 2. The van der Waals surface area contributed by atoms with Crippen LogP contribution in [0.5, 0.6) is 5.75 Å². The van der Waals surface area contributed by atoms with E-state index in [-0.39, 0.29) is 13.1 Å². The first-order valence-electron chi connectivity index (χ1n) is 5.12. The largest absolute Gasteiger partial charge is 0.503 e. The molecule has 5 nitrogen and oxygen atoms in total. The van der Waals surface area contributed by atoms with Gasteiger partial charge in [-0.3, -0.25) is 0 Å². The standard InChI is InChI=1S/C10H14F2N2O3S/c1-18(16,17)14-3-2-13-6-7-4-8(11)10(15)9(12)5-7/h4-5,13-15H,2-3,6H2,1H3. The molecule has 0 unspecified atom stereocenters. The summed E-state index contributed by atoms with van der Waals surface area (Å²) in [5.74, 6) is -3.06. The van der Waals surface area contributed by atoms with Crippen molar-refractivity contribution in [2.24, 2.45) is 0 Å². The summed E-state index contributed by atoms with van der Waals surface area (Å²) < 4.78 is 49.6. The zero-order chi connectivity index (χ0) is 13.8. The van der Waals surface area contributed by atoms with Crippen LogP contribution >= 0.6 is 0 Å². The predicted molar refractivity (Wildman–Crippen MR) is 62.6 cm³/mol. The average Bonchev–Trinajstić information content (AvgIpc) is 2.23. The zero-order valence-electron chi connectivity index (χ0n) is 9.70. The molecule has 0 aliphatic heterocycles. The molecule has 0 amide bonds. The lowest BCUT2D eigenvalue weighted by Gasteiger charge is -2.06. The molecule has 1 aromatic rings. The van der Waals surface area contributed by atoms with Crippen molar-refractivity contribution in [1.82, 2.24) is 10.0 Å². The van der Waals surface area contributed by atoms with Gasteiger partial charge in [0.05, 0.1) is 6.26 Å². The fourth-order valence-corrected chi connectivity index (χ4v) is 1.75. The summed E-state index contributed by atoms with van der Waals surface area (Å²) >= 11 is 0. The van der Waals surface area contributed by atoms with Gasteiger partial charge in [0, 0.05) is 19.6 Å². The van der Waals surface area contributed by atoms with Crippen LogP contribution in [-0.4, -0.2) is 32.9 Å². The van der Waals surface area contributed by atoms with Crippen molar-refractivity contribution in [1.29, 1.82) is 0 Å². The van der Waals surface area contributed by atoms with E-state index >= 15 is 0 Å². The first-order valence-corrected chi connectivity index (χ1v) is 7.01. The van der Waals surface area contributed by atoms with Crippen molar-refractivity contribution in [3.8, 4) is 5.75 Å². The van der Waals surface area contributed by atoms with Crippen LogP contribution in [0.1, 0.15) is 5.56 Å². The molecule has 0 saturated carbocycles. The fraction of sp³-hybridized carbons (Fsp3) is 0.400. The van der Waals surface area contributed by atoms with Crippen molar-refractivity contribution >= 4 is 10.0 Å². The van der Waals surface area contributed by atoms with E-state index in [0.717, 1.165) is 18.4 Å². The highest BCUT2D eigenvalue weighted by atomic mass is 32.2. The van der Waals surface area contributed by atoms with Crippen molar-refractivity contribution in [2.45, 2.75) is 6.54 Å². The minimum atomic E-state index is -3.23. The van der Waals surface area contributed by atoms with Gasteiger partial charge < -0.3 is 10.4 Å². The van der Waals surface area contributed by atoms with Crippen LogP contribution in [-0.2, 0) is 16.6 Å². The molecular formula is C10H14F2N2O3S. The molecular weight excluding hydrogens is 266 g/mol. The Labute approximate surface area is 104 Å². The number of hydrogen-bond donors (Lipinski definition) is 3. The van der Waals surface area contributed by atoms with Crippen LogP contribution in [0.4, 0.5) is 8.78 Å². The molecule has 0 aliphatic carbocycles. The lowest BCUT2D eigenvalue weighted by Crippen LogP contribution is -2.30. The number of phenols is 1. The van der Waals surface area contributed by atoms with Crippen LogP contribution in [0.15, 0.2) is 12.1 Å². The van der Waals surface area contributed by atoms with Crippen LogP contribution < -0.4 is 10.0 Å². The van der Waals surface area contributed by atoms with Crippen molar-refractivity contribution in [2.75, 3.05) is 19.3 Å². The van der Waals surface area contributed by atoms with E-state index in [1.165, 1.54) is 0 Å². The van der Waals surface area contributed by atoms with Crippen molar-refractivity contribution in [3.63, 3.8) is 0 Å². The smallest absolute Gasteiger partial charge is 0.208 e. The topological polar surface area (TPSA) is 78.4 Å². The zero-order valence-corrected chi connectivity index (χ0v) is 10.5. The Morgan fingerprint density at radius 3 is 2.28 bits per heavy atom. The van der Waals surface area contributed by atoms with E-state index in [4.69, 9.17) is 5.11 Å². The maximum atomic E-state index is 13.0. The molecule has 0 saturated heterocycles. The first-order chi connectivity index (χ1) is 8.29. The highest BCUT2D eigenvalue weighted by Gasteiger charge is 2.09. The predicted octanol–water partition coefficient (Wildman–Crippen LogP) is 0.309. The third-order valence-corrected chi connectivity index (χ3v) is 2.80. The molecule has 8 heteroatoms. The third kappa shape index (κ3) is 4.94. The van der Waals surface area contributed by atoms with Gasteiger partial charge in [-0.25, -0.2) is 21.9 Å². The molecule has 0 aliphatic rings. The fourth-order valence-electron chi connectivity index (χ4n) is 1.28. The summed E-state index contributed by atoms with van der Waals surface area (Å²) in [7, 11) is -3.23. The number of phenolic OH excluding ortho intramolecular Hbond substituents is 1. The molecule has 0 aromatic heterocycles. The van der Waals surface area contributed by atoms with Gasteiger partial charge in [-0.05, 0) is 17.7 Å². The van der Waals surface area contributed by atoms with Crippen molar-refractivity contribution in [3.05, 3.63) is 29.3 Å². The summed E-state index contributed by atoms with van der Waals surface area (Å²) in [6.45, 7) is 0.665. The monoisotopic (exact) mass is 280 g/mol. The normalized spacial score (nSPS) is 11.7. The average molecular weight is 280 g/mol. The van der Waals surface area contributed by atoms with Gasteiger partial charge in [0.1, 0.15) is 0 Å². The van der Waals surface area contributed by atoms with Gasteiger partial charge >= 0.3 is 0 Å². The minimum absolute atomic E-state index is 0.166. The lowest BCUT2D eigenvalue weighted by atomic mass is 10.2. The summed E-state index contributed by atoms with van der Waals surface area (Å²) in [6.07, 6.45) is 1.04. The highest BCUT2D eigenvalue weighted by Crippen LogP contribution is 2.21. The van der Waals surface area contributed by atoms with Gasteiger partial charge in [0.2, 0.25) is 10.0 Å². The number of halogens is 2. The Bertz CT molecular complexity index is 497. The Morgan fingerprint density at radius 1 is 1.22 bits per heavy atom. The van der Waals surface area contributed by atoms with Gasteiger partial charge in [0.25, 0.3) is 0 Å². The summed E-state index contributed by atoms with van der Waals surface area (Å²) in [5, 5.41) is 11.7. The minimum Gasteiger partial charge on any atom is -0.503 e. The molecule has 1 rings (SSSR count). The Hall–Kier alpha value is -1.25. The Kier molecular flexibility index (Phi) is 5.00. The molecule has 0 fully saturated rings. The Balaban J connectivity index is 2.41. The van der Waals surface area contributed by atoms with E-state index in [1.54, 1.807) is 0 Å². The van der Waals surface area contributed by atoms with Gasteiger partial charge in [-0.15, -0.1) is 0 Å². The highest BCUT2D eigenvalue weighted by molar-refractivity contribution is 7.88. The van der Waals surface area contributed by atoms with Gasteiger partial charge in [0.15, 0.2) is 17.4 Å². The molecule has 3 N–H and O–H groups in total. The molecule has 0 radical (unpaired) electrons. The number of rotatable bonds is 6. The van der Waals surface area contributed by atoms with Crippen LogP contribution in [0.2, 0.25) is 0 Å². The number of sulfonamides is 1. The van der Waals surface area contributed by atoms with E-state index < -0.39 is 27.4 Å². The third-order valence-electron chi connectivity index (χ3n) is 2.07. The second-order valence-corrected chi connectivity index (χ2v) is 5.58. The lowest BCUT2D eigenvalue weighted by molar-refractivity contribution is 0.395. The van der Waals surface area contributed by atoms with Crippen LogP contribution in [0.3, 0.4) is 0 Å². The van der Waals surface area contributed by atoms with E-state index in [0.29, 0.717) is 12.1 Å². The number of hydrogen-bond acceptors (Lipinski definition) is 4. The molecule has 0 atom stereocenters. The second-order valence-electron chi connectivity index (χ2n) is 3.75. The molecule has 0 bridgehead atoms. The Morgan fingerprint density at radius 2 is 1.78 bits per heavy atom. The quantitative estimate of drug-likeness (QED) is 0.655. The van der Waals surface area contributed by atoms with Gasteiger partial charge in [-0.1, -0.05) is 0 Å².